The fourth-order valence-corrected chi connectivity index (χ4v) is 6.65. The van der Waals surface area contributed by atoms with Crippen molar-refractivity contribution in [3.05, 3.63) is 45.8 Å². The minimum absolute atomic E-state index is 0.0503. The summed E-state index contributed by atoms with van der Waals surface area (Å²) in [5.41, 5.74) is 1.96. The Kier molecular flexibility index (Phi) is 9.17. The van der Waals surface area contributed by atoms with Crippen LogP contribution in [0, 0.1) is 0 Å². The van der Waals surface area contributed by atoms with Gasteiger partial charge in [-0.1, -0.05) is 23.1 Å². The number of rotatable bonds is 10. The molecule has 12 heteroatoms. The lowest BCUT2D eigenvalue weighted by Crippen LogP contribution is -2.17. The van der Waals surface area contributed by atoms with E-state index in [1.807, 2.05) is 13.8 Å². The maximum Gasteiger partial charge on any atom is 0.341 e. The van der Waals surface area contributed by atoms with E-state index in [0.717, 1.165) is 36.1 Å². The number of benzene rings is 1. The normalized spacial score (nSPS) is 12.6. The molecule has 9 nitrogen and oxygen atoms in total. The molecule has 0 saturated carbocycles. The molecule has 0 saturated heterocycles. The first-order valence-corrected chi connectivity index (χ1v) is 14.6. The number of ether oxygens (including phenoxy) is 2. The first-order valence-electron chi connectivity index (χ1n) is 12.0. The van der Waals surface area contributed by atoms with Crippen LogP contribution in [0.1, 0.15) is 64.8 Å². The van der Waals surface area contributed by atoms with Crippen molar-refractivity contribution < 1.29 is 23.9 Å². The highest BCUT2D eigenvalue weighted by atomic mass is 32.2. The van der Waals surface area contributed by atoms with Crippen LogP contribution in [-0.4, -0.2) is 46.4 Å². The Hall–Kier alpha value is -2.96. The molecule has 4 rings (SSSR count). The zero-order valence-electron chi connectivity index (χ0n) is 20.8. The first kappa shape index (κ1) is 27.1. The summed E-state index contributed by atoms with van der Waals surface area (Å²) in [4.78, 5) is 38.9. The molecule has 0 aliphatic heterocycles. The molecule has 37 heavy (non-hydrogen) atoms. The molecule has 1 aliphatic rings. The molecule has 0 unspecified atom stereocenters. The van der Waals surface area contributed by atoms with Gasteiger partial charge in [0.2, 0.25) is 11.0 Å². The standard InChI is InChI=1S/C25H28N4O5S3/c1-4-33-23(32)20-17-7-5-6-8-18(17)36-22(20)26-19(30)13-35-25-29-28-24(37-25)27-21(31)15-9-11-16(12-10-15)34-14(2)3/h9-12,14H,4-8,13H2,1-3H3,(H,26,30)(H,27,28,31). The molecule has 2 amide bonds. The van der Waals surface area contributed by atoms with Crippen LogP contribution in [-0.2, 0) is 22.4 Å². The number of aryl methyl sites for hydroxylation is 1. The zero-order valence-corrected chi connectivity index (χ0v) is 23.2. The van der Waals surface area contributed by atoms with E-state index in [4.69, 9.17) is 9.47 Å². The molecule has 0 spiro atoms. The number of hydrogen-bond donors (Lipinski definition) is 2. The van der Waals surface area contributed by atoms with Gasteiger partial charge in [-0.15, -0.1) is 21.5 Å². The average Bonchev–Trinajstić information content (AvgIpc) is 3.46. The lowest BCUT2D eigenvalue weighted by atomic mass is 9.95. The molecule has 2 N–H and O–H groups in total. The SMILES string of the molecule is CCOC(=O)c1c(NC(=O)CSc2nnc(NC(=O)c3ccc(OC(C)C)cc3)s2)sc2c1CCCC2. The van der Waals surface area contributed by atoms with Crippen LogP contribution >= 0.6 is 34.4 Å². The smallest absolute Gasteiger partial charge is 0.341 e. The van der Waals surface area contributed by atoms with Crippen LogP contribution in [0.2, 0.25) is 0 Å². The molecule has 3 aromatic rings. The van der Waals surface area contributed by atoms with Crippen LogP contribution in [0.4, 0.5) is 10.1 Å². The molecule has 2 heterocycles. The van der Waals surface area contributed by atoms with Gasteiger partial charge >= 0.3 is 5.97 Å². The van der Waals surface area contributed by atoms with Crippen molar-refractivity contribution in [1.82, 2.24) is 10.2 Å². The Labute approximate surface area is 227 Å². The largest absolute Gasteiger partial charge is 0.491 e. The van der Waals surface area contributed by atoms with Gasteiger partial charge in [0.05, 0.1) is 24.0 Å². The summed E-state index contributed by atoms with van der Waals surface area (Å²) >= 11 is 3.85. The number of thioether (sulfide) groups is 1. The Balaban J connectivity index is 1.32. The van der Waals surface area contributed by atoms with E-state index >= 15 is 0 Å². The number of anilines is 2. The number of esters is 1. The third kappa shape index (κ3) is 7.08. The Morgan fingerprint density at radius 1 is 1.05 bits per heavy atom. The van der Waals surface area contributed by atoms with Gasteiger partial charge in [0.15, 0.2) is 4.34 Å². The number of carbonyl (C=O) groups is 3. The van der Waals surface area contributed by atoms with Gasteiger partial charge in [-0.05, 0) is 76.3 Å². The summed E-state index contributed by atoms with van der Waals surface area (Å²) in [5.74, 6) is -0.175. The minimum atomic E-state index is -0.392. The summed E-state index contributed by atoms with van der Waals surface area (Å²) in [5, 5.41) is 14.6. The van der Waals surface area contributed by atoms with Crippen molar-refractivity contribution in [3.63, 3.8) is 0 Å². The number of fused-ring (bicyclic) bond motifs is 1. The summed E-state index contributed by atoms with van der Waals surface area (Å²) in [6.45, 7) is 5.92. The highest BCUT2D eigenvalue weighted by Gasteiger charge is 2.27. The highest BCUT2D eigenvalue weighted by Crippen LogP contribution is 2.39. The third-order valence-electron chi connectivity index (χ3n) is 5.35. The lowest BCUT2D eigenvalue weighted by Gasteiger charge is -2.12. The van der Waals surface area contributed by atoms with Crippen molar-refractivity contribution in [2.75, 3.05) is 23.0 Å². The van der Waals surface area contributed by atoms with E-state index in [1.165, 1.54) is 34.4 Å². The predicted octanol–water partition coefficient (Wildman–Crippen LogP) is 5.43. The van der Waals surface area contributed by atoms with Crippen molar-refractivity contribution in [1.29, 1.82) is 0 Å². The maximum absolute atomic E-state index is 12.7. The van der Waals surface area contributed by atoms with Crippen LogP contribution in [0.15, 0.2) is 28.6 Å². The first-order chi connectivity index (χ1) is 17.8. The zero-order chi connectivity index (χ0) is 26.4. The van der Waals surface area contributed by atoms with E-state index in [0.29, 0.717) is 31.3 Å². The van der Waals surface area contributed by atoms with Gasteiger partial charge < -0.3 is 14.8 Å². The van der Waals surface area contributed by atoms with Crippen molar-refractivity contribution >= 4 is 62.4 Å². The van der Waals surface area contributed by atoms with Crippen molar-refractivity contribution in [2.45, 2.75) is 56.9 Å². The van der Waals surface area contributed by atoms with Gasteiger partial charge in [-0.3, -0.25) is 14.9 Å². The van der Waals surface area contributed by atoms with E-state index in [-0.39, 0.29) is 30.3 Å². The number of thiophene rings is 1. The number of nitrogens with zero attached hydrogens (tertiary/aromatic N) is 2. The van der Waals surface area contributed by atoms with E-state index < -0.39 is 5.97 Å². The van der Waals surface area contributed by atoms with E-state index in [2.05, 4.69) is 20.8 Å². The van der Waals surface area contributed by atoms with Crippen LogP contribution in [0.3, 0.4) is 0 Å². The maximum atomic E-state index is 12.7. The van der Waals surface area contributed by atoms with Gasteiger partial charge in [-0.2, -0.15) is 0 Å². The minimum Gasteiger partial charge on any atom is -0.491 e. The van der Waals surface area contributed by atoms with Gasteiger partial charge in [0.25, 0.3) is 5.91 Å². The molecule has 196 valence electrons. The van der Waals surface area contributed by atoms with Crippen molar-refractivity contribution in [3.8, 4) is 5.75 Å². The Morgan fingerprint density at radius 2 is 1.81 bits per heavy atom. The number of aromatic nitrogens is 2. The monoisotopic (exact) mass is 560 g/mol. The lowest BCUT2D eigenvalue weighted by molar-refractivity contribution is -0.113. The fraction of sp³-hybridized carbons (Fsp3) is 0.400. The van der Waals surface area contributed by atoms with Crippen LogP contribution < -0.4 is 15.4 Å². The molecule has 0 fully saturated rings. The fourth-order valence-electron chi connectivity index (χ4n) is 3.81. The topological polar surface area (TPSA) is 120 Å². The summed E-state index contributed by atoms with van der Waals surface area (Å²) in [6.07, 6.45) is 3.88. The Morgan fingerprint density at radius 3 is 2.54 bits per heavy atom. The molecule has 0 atom stereocenters. The van der Waals surface area contributed by atoms with Crippen LogP contribution in [0.25, 0.3) is 0 Å². The number of carbonyl (C=O) groups excluding carboxylic acids is 3. The van der Waals surface area contributed by atoms with Crippen molar-refractivity contribution in [2.24, 2.45) is 0 Å². The third-order valence-corrected chi connectivity index (χ3v) is 8.53. The van der Waals surface area contributed by atoms with E-state index in [9.17, 15) is 14.4 Å². The predicted molar refractivity (Wildman–Crippen MR) is 146 cm³/mol. The van der Waals surface area contributed by atoms with E-state index in [1.54, 1.807) is 31.2 Å². The van der Waals surface area contributed by atoms with Crippen LogP contribution in [0.5, 0.6) is 5.75 Å². The summed E-state index contributed by atoms with van der Waals surface area (Å²) in [7, 11) is 0. The van der Waals surface area contributed by atoms with Gasteiger partial charge in [-0.25, -0.2) is 4.79 Å². The number of amides is 2. The molecule has 0 bridgehead atoms. The molecule has 0 radical (unpaired) electrons. The molecule has 1 aliphatic carbocycles. The summed E-state index contributed by atoms with van der Waals surface area (Å²) in [6, 6.07) is 6.85. The number of hydrogen-bond acceptors (Lipinski definition) is 10. The second kappa shape index (κ2) is 12.5. The van der Waals surface area contributed by atoms with Gasteiger partial charge in [0, 0.05) is 10.4 Å². The molecular weight excluding hydrogens is 532 g/mol. The molecule has 2 aromatic heterocycles. The number of nitrogens with one attached hydrogen (secondary N) is 2. The second-order valence-corrected chi connectivity index (χ2v) is 11.8. The second-order valence-electron chi connectivity index (χ2n) is 8.49. The molecular formula is C25H28N4O5S3. The highest BCUT2D eigenvalue weighted by molar-refractivity contribution is 8.01. The molecule has 1 aromatic carbocycles. The van der Waals surface area contributed by atoms with Gasteiger partial charge in [0.1, 0.15) is 10.8 Å². The quantitative estimate of drug-likeness (QED) is 0.192. The average molecular weight is 561 g/mol. The Bertz CT molecular complexity index is 1270. The summed E-state index contributed by atoms with van der Waals surface area (Å²) < 4.78 is 11.4.